The predicted octanol–water partition coefficient (Wildman–Crippen LogP) is 2.18. The molecule has 4 aliphatic heterocycles. The second-order valence-electron chi connectivity index (χ2n) is 9.65. The number of furan rings is 1. The third-order valence-electron chi connectivity index (χ3n) is 7.13. The molecule has 1 aromatic heterocycles. The predicted molar refractivity (Wildman–Crippen MR) is 111 cm³/mol. The standard InChI is InChI=1S/C24H26O10/c1-10-6-15-20-23(5,33-20)8-16-21-24(34-21,22(28)32-16)17(29-12(3)26)7-14(11(2)9-25)19(18(10)31-15)30-13(4)27/h6,9,14,16-17,19-21H,2,7-8H2,1,3-5H3/t14-,16+,17+,19-,20-,21+,23-,24?/m1/s1. The summed E-state index contributed by atoms with van der Waals surface area (Å²) in [5, 5.41) is 0. The van der Waals surface area contributed by atoms with Crippen LogP contribution in [0.3, 0.4) is 0 Å². The van der Waals surface area contributed by atoms with Gasteiger partial charge in [-0.1, -0.05) is 6.58 Å². The normalized spacial score (nSPS) is 39.7. The minimum absolute atomic E-state index is 0.0830. The Balaban J connectivity index is 1.65. The molecule has 4 bridgehead atoms. The summed E-state index contributed by atoms with van der Waals surface area (Å²) in [5.74, 6) is -1.89. The van der Waals surface area contributed by atoms with Crippen LogP contribution in [0.15, 0.2) is 22.6 Å². The second-order valence-corrected chi connectivity index (χ2v) is 9.65. The van der Waals surface area contributed by atoms with Crippen LogP contribution < -0.4 is 0 Å². The van der Waals surface area contributed by atoms with Gasteiger partial charge in [-0.05, 0) is 37.5 Å². The molecule has 182 valence electrons. The van der Waals surface area contributed by atoms with Crippen LogP contribution >= 0.6 is 0 Å². The van der Waals surface area contributed by atoms with Crippen molar-refractivity contribution in [3.05, 3.63) is 35.3 Å². The molecule has 0 saturated carbocycles. The highest BCUT2D eigenvalue weighted by atomic mass is 16.7. The maximum absolute atomic E-state index is 13.0. The summed E-state index contributed by atoms with van der Waals surface area (Å²) >= 11 is 0. The molecule has 0 aromatic carbocycles. The SMILES string of the molecule is C=C(C=O)[C@H]1C[C@H](OC(C)=O)C23O[C@H]2[C@H](C[C@@]2(C)O[C@@H]2c2cc(C)c(o2)[C@@H]1OC(C)=O)OC3=O. The van der Waals surface area contributed by atoms with Gasteiger partial charge in [-0.15, -0.1) is 0 Å². The number of fused-ring (bicyclic) bond motifs is 4. The van der Waals surface area contributed by atoms with E-state index < -0.39 is 65.5 Å². The van der Waals surface area contributed by atoms with Crippen LogP contribution in [-0.4, -0.2) is 53.7 Å². The molecule has 0 radical (unpaired) electrons. The van der Waals surface area contributed by atoms with E-state index >= 15 is 0 Å². The smallest absolute Gasteiger partial charge is 0.345 e. The maximum Gasteiger partial charge on any atom is 0.345 e. The van der Waals surface area contributed by atoms with Gasteiger partial charge in [-0.3, -0.25) is 14.4 Å². The zero-order valence-electron chi connectivity index (χ0n) is 19.3. The van der Waals surface area contributed by atoms with E-state index in [1.54, 1.807) is 13.0 Å². The van der Waals surface area contributed by atoms with Gasteiger partial charge in [0.25, 0.3) is 0 Å². The molecular weight excluding hydrogens is 448 g/mol. The number of aldehydes is 1. The van der Waals surface area contributed by atoms with E-state index in [4.69, 9.17) is 28.1 Å². The molecular formula is C24H26O10. The first-order valence-corrected chi connectivity index (χ1v) is 11.2. The summed E-state index contributed by atoms with van der Waals surface area (Å²) in [7, 11) is 0. The zero-order chi connectivity index (χ0) is 24.6. The van der Waals surface area contributed by atoms with Crippen LogP contribution in [-0.2, 0) is 42.9 Å². The van der Waals surface area contributed by atoms with Crippen molar-refractivity contribution >= 4 is 24.2 Å². The number of rotatable bonds is 4. The van der Waals surface area contributed by atoms with Crippen LogP contribution in [0.25, 0.3) is 0 Å². The zero-order valence-corrected chi connectivity index (χ0v) is 19.3. The van der Waals surface area contributed by atoms with Crippen molar-refractivity contribution in [2.45, 2.75) is 82.3 Å². The molecule has 0 spiro atoms. The Morgan fingerprint density at radius 1 is 1.21 bits per heavy atom. The molecule has 10 nitrogen and oxygen atoms in total. The quantitative estimate of drug-likeness (QED) is 0.210. The van der Waals surface area contributed by atoms with Gasteiger partial charge >= 0.3 is 17.9 Å². The molecule has 1 unspecified atom stereocenters. The van der Waals surface area contributed by atoms with Gasteiger partial charge in [0, 0.05) is 26.2 Å². The fraction of sp³-hybridized carbons (Fsp3) is 0.583. The van der Waals surface area contributed by atoms with E-state index in [0.717, 1.165) is 0 Å². The Morgan fingerprint density at radius 2 is 1.91 bits per heavy atom. The number of epoxide rings is 2. The molecule has 5 heterocycles. The third-order valence-corrected chi connectivity index (χ3v) is 7.13. The lowest BCUT2D eigenvalue weighted by Crippen LogP contribution is -2.42. The molecule has 0 amide bonds. The van der Waals surface area contributed by atoms with Gasteiger partial charge in [0.2, 0.25) is 5.60 Å². The number of esters is 3. The molecule has 3 saturated heterocycles. The molecule has 4 aliphatic rings. The van der Waals surface area contributed by atoms with Crippen molar-refractivity contribution in [3.63, 3.8) is 0 Å². The van der Waals surface area contributed by atoms with Crippen LogP contribution in [0.5, 0.6) is 0 Å². The Hall–Kier alpha value is -2.98. The molecule has 3 fully saturated rings. The van der Waals surface area contributed by atoms with Crippen molar-refractivity contribution in [3.8, 4) is 0 Å². The molecule has 1 aromatic rings. The number of aryl methyl sites for hydroxylation is 1. The largest absolute Gasteiger partial charge is 0.459 e. The van der Waals surface area contributed by atoms with Crippen molar-refractivity contribution in [2.24, 2.45) is 5.92 Å². The van der Waals surface area contributed by atoms with Gasteiger partial charge in [0.05, 0.1) is 0 Å². The Morgan fingerprint density at radius 3 is 2.53 bits per heavy atom. The van der Waals surface area contributed by atoms with Crippen molar-refractivity contribution in [1.82, 2.24) is 0 Å². The molecule has 10 heteroatoms. The van der Waals surface area contributed by atoms with Gasteiger partial charge in [-0.25, -0.2) is 4.79 Å². The van der Waals surface area contributed by atoms with Crippen LogP contribution in [0.1, 0.15) is 62.9 Å². The Kier molecular flexibility index (Phi) is 5.04. The van der Waals surface area contributed by atoms with Gasteiger partial charge in [0.15, 0.2) is 6.10 Å². The van der Waals surface area contributed by atoms with E-state index in [-0.39, 0.29) is 12.0 Å². The number of ether oxygens (including phenoxy) is 5. The highest BCUT2D eigenvalue weighted by Crippen LogP contribution is 2.60. The highest BCUT2D eigenvalue weighted by Gasteiger charge is 2.79. The van der Waals surface area contributed by atoms with E-state index in [2.05, 4.69) is 6.58 Å². The summed E-state index contributed by atoms with van der Waals surface area (Å²) in [6, 6.07) is 1.80. The van der Waals surface area contributed by atoms with Crippen LogP contribution in [0, 0.1) is 12.8 Å². The lowest BCUT2D eigenvalue weighted by Gasteiger charge is -2.30. The fourth-order valence-corrected chi connectivity index (χ4v) is 5.40. The van der Waals surface area contributed by atoms with E-state index in [0.29, 0.717) is 29.8 Å². The summed E-state index contributed by atoms with van der Waals surface area (Å²) in [5.41, 5.74) is -1.39. The number of carbonyl (C=O) groups is 4. The van der Waals surface area contributed by atoms with Crippen molar-refractivity contribution in [2.75, 3.05) is 0 Å². The number of hydrogen-bond donors (Lipinski definition) is 0. The second kappa shape index (κ2) is 7.51. The van der Waals surface area contributed by atoms with Crippen LogP contribution in [0.4, 0.5) is 0 Å². The first kappa shape index (κ1) is 22.8. The molecule has 0 N–H and O–H groups in total. The minimum atomic E-state index is -1.50. The molecule has 0 aliphatic carbocycles. The number of carbonyl (C=O) groups excluding carboxylic acids is 4. The molecule has 34 heavy (non-hydrogen) atoms. The van der Waals surface area contributed by atoms with Crippen molar-refractivity contribution in [1.29, 1.82) is 0 Å². The molecule has 5 rings (SSSR count). The monoisotopic (exact) mass is 474 g/mol. The average molecular weight is 474 g/mol. The van der Waals surface area contributed by atoms with E-state index in [1.165, 1.54) is 13.8 Å². The summed E-state index contributed by atoms with van der Waals surface area (Å²) in [6.07, 6.45) is -2.99. The minimum Gasteiger partial charge on any atom is -0.459 e. The first-order chi connectivity index (χ1) is 16.0. The summed E-state index contributed by atoms with van der Waals surface area (Å²) in [6.45, 7) is 9.97. The first-order valence-electron chi connectivity index (χ1n) is 11.2. The lowest BCUT2D eigenvalue weighted by molar-refractivity contribution is -0.167. The summed E-state index contributed by atoms with van der Waals surface area (Å²) in [4.78, 5) is 48.9. The van der Waals surface area contributed by atoms with Gasteiger partial charge < -0.3 is 28.1 Å². The highest BCUT2D eigenvalue weighted by molar-refractivity contribution is 5.88. The van der Waals surface area contributed by atoms with Crippen molar-refractivity contribution < 1.29 is 47.3 Å². The van der Waals surface area contributed by atoms with Gasteiger partial charge in [0.1, 0.15) is 47.8 Å². The summed E-state index contributed by atoms with van der Waals surface area (Å²) < 4.78 is 34.8. The third kappa shape index (κ3) is 3.39. The fourth-order valence-electron chi connectivity index (χ4n) is 5.40. The van der Waals surface area contributed by atoms with Gasteiger partial charge in [-0.2, -0.15) is 0 Å². The van der Waals surface area contributed by atoms with E-state index in [9.17, 15) is 19.2 Å². The maximum atomic E-state index is 13.0. The lowest BCUT2D eigenvalue weighted by atomic mass is 9.82. The van der Waals surface area contributed by atoms with E-state index in [1.807, 2.05) is 6.92 Å². The topological polar surface area (TPSA) is 134 Å². The Labute approximate surface area is 195 Å². The Bertz CT molecular complexity index is 1100. The number of hydrogen-bond acceptors (Lipinski definition) is 10. The molecule has 8 atom stereocenters. The average Bonchev–Trinajstić information content (AvgIpc) is 3.58. The van der Waals surface area contributed by atoms with Crippen LogP contribution in [0.2, 0.25) is 0 Å².